The number of imidazole rings is 1. The van der Waals surface area contributed by atoms with Gasteiger partial charge in [0.2, 0.25) is 5.95 Å². The third kappa shape index (κ3) is 5.00. The monoisotopic (exact) mass is 482 g/mol. The van der Waals surface area contributed by atoms with Crippen LogP contribution < -0.4 is 15.4 Å². The van der Waals surface area contributed by atoms with Crippen molar-refractivity contribution in [3.63, 3.8) is 0 Å². The molecule has 0 atom stereocenters. The average Bonchev–Trinajstić information content (AvgIpc) is 3.30. The normalized spacial score (nSPS) is 10.8. The molecular weight excluding hydrogens is 459 g/mol. The highest BCUT2D eigenvalue weighted by molar-refractivity contribution is 5.98. The number of pyridine rings is 2. The van der Waals surface area contributed by atoms with Crippen LogP contribution in [-0.2, 0) is 6.61 Å². The average molecular weight is 483 g/mol. The molecule has 0 aliphatic heterocycles. The number of H-pyrrole nitrogens is 1. The second-order valence-corrected chi connectivity index (χ2v) is 8.01. The molecule has 2 amide bonds. The summed E-state index contributed by atoms with van der Waals surface area (Å²) >= 11 is 0. The largest absolute Gasteiger partial charge is 0.487 e. The van der Waals surface area contributed by atoms with E-state index in [0.29, 0.717) is 35.5 Å². The molecule has 3 N–H and O–H groups in total. The van der Waals surface area contributed by atoms with Crippen molar-refractivity contribution >= 4 is 23.0 Å². The van der Waals surface area contributed by atoms with E-state index in [1.165, 1.54) is 18.3 Å². The van der Waals surface area contributed by atoms with Gasteiger partial charge < -0.3 is 15.0 Å². The molecule has 0 saturated heterocycles. The Hall–Kier alpha value is -4.79. The van der Waals surface area contributed by atoms with Gasteiger partial charge in [-0.3, -0.25) is 15.3 Å². The highest BCUT2D eigenvalue weighted by Gasteiger charge is 2.17. The lowest BCUT2D eigenvalue weighted by molar-refractivity contribution is 0.252. The van der Waals surface area contributed by atoms with Gasteiger partial charge in [-0.2, -0.15) is 0 Å². The second kappa shape index (κ2) is 10.2. The summed E-state index contributed by atoms with van der Waals surface area (Å²) in [4.78, 5) is 28.2. The molecule has 0 aliphatic rings. The predicted octanol–water partition coefficient (Wildman–Crippen LogP) is 5.55. The number of urea groups is 1. The Morgan fingerprint density at radius 3 is 2.72 bits per heavy atom. The molecule has 0 aliphatic carbocycles. The summed E-state index contributed by atoms with van der Waals surface area (Å²) in [6.45, 7) is 2.69. The van der Waals surface area contributed by atoms with Crippen LogP contribution in [0.1, 0.15) is 12.5 Å². The minimum atomic E-state index is -0.477. The van der Waals surface area contributed by atoms with Crippen molar-refractivity contribution in [2.75, 3.05) is 11.9 Å². The maximum absolute atomic E-state index is 14.8. The number of carbonyl (C=O) groups excluding carboxylic acids is 1. The third-order valence-corrected chi connectivity index (χ3v) is 5.46. The predicted molar refractivity (Wildman–Crippen MR) is 136 cm³/mol. The van der Waals surface area contributed by atoms with Gasteiger partial charge in [-0.1, -0.05) is 30.3 Å². The van der Waals surface area contributed by atoms with E-state index >= 15 is 0 Å². The summed E-state index contributed by atoms with van der Waals surface area (Å²) in [6.07, 6.45) is 4.88. The van der Waals surface area contributed by atoms with Crippen LogP contribution in [0.3, 0.4) is 0 Å². The molecule has 5 rings (SSSR count). The zero-order valence-electron chi connectivity index (χ0n) is 19.5. The summed E-state index contributed by atoms with van der Waals surface area (Å²) in [5.74, 6) is 0.365. The first-order valence-corrected chi connectivity index (χ1v) is 11.4. The maximum Gasteiger partial charge on any atom is 0.321 e. The fourth-order valence-corrected chi connectivity index (χ4v) is 3.82. The van der Waals surface area contributed by atoms with Gasteiger partial charge in [0.25, 0.3) is 0 Å². The lowest BCUT2D eigenvalue weighted by Gasteiger charge is -2.10. The zero-order valence-corrected chi connectivity index (χ0v) is 19.5. The summed E-state index contributed by atoms with van der Waals surface area (Å²) in [6, 6.07) is 17.9. The molecule has 0 unspecified atom stereocenters. The Morgan fingerprint density at radius 2 is 1.92 bits per heavy atom. The van der Waals surface area contributed by atoms with Crippen LogP contribution in [-0.4, -0.2) is 32.5 Å². The van der Waals surface area contributed by atoms with Crippen molar-refractivity contribution in [1.29, 1.82) is 0 Å². The quantitative estimate of drug-likeness (QED) is 0.282. The Labute approximate surface area is 206 Å². The molecule has 5 aromatic rings. The fraction of sp³-hybridized carbons (Fsp3) is 0.111. The number of nitrogens with one attached hydrogen (secondary N) is 3. The molecule has 0 spiro atoms. The molecule has 0 radical (unpaired) electrons. The number of rotatable bonds is 7. The standard InChI is InChI=1S/C27H23FN6O2/c1-2-30-27(35)34-26-32-23-13-18(12-21(25(23)33-26)24-22(28)9-6-10-31-24)19-11-20(15-29-14-19)36-16-17-7-4-3-5-8-17/h3-15H,2,16H2,1H3,(H3,30,32,33,34,35). The molecule has 36 heavy (non-hydrogen) atoms. The van der Waals surface area contributed by atoms with E-state index in [1.807, 2.05) is 55.5 Å². The van der Waals surface area contributed by atoms with Crippen molar-refractivity contribution < 1.29 is 13.9 Å². The van der Waals surface area contributed by atoms with Gasteiger partial charge in [0.1, 0.15) is 29.4 Å². The molecule has 2 aromatic carbocycles. The number of aromatic nitrogens is 4. The molecule has 180 valence electrons. The van der Waals surface area contributed by atoms with Gasteiger partial charge in [0, 0.05) is 30.1 Å². The first-order chi connectivity index (χ1) is 17.6. The fourth-order valence-electron chi connectivity index (χ4n) is 3.82. The van der Waals surface area contributed by atoms with Gasteiger partial charge >= 0.3 is 6.03 Å². The summed E-state index contributed by atoms with van der Waals surface area (Å²) in [5.41, 5.74) is 4.30. The van der Waals surface area contributed by atoms with Crippen molar-refractivity contribution in [1.82, 2.24) is 25.3 Å². The van der Waals surface area contributed by atoms with Crippen LogP contribution >= 0.6 is 0 Å². The van der Waals surface area contributed by atoms with Crippen LogP contribution in [0.25, 0.3) is 33.4 Å². The molecule has 8 nitrogen and oxygen atoms in total. The number of anilines is 1. The van der Waals surface area contributed by atoms with E-state index in [2.05, 4.69) is 30.6 Å². The Morgan fingerprint density at radius 1 is 1.06 bits per heavy atom. The number of benzene rings is 2. The molecule has 3 aromatic heterocycles. The molecule has 0 fully saturated rings. The highest BCUT2D eigenvalue weighted by atomic mass is 19.1. The molecule has 0 saturated carbocycles. The number of ether oxygens (including phenoxy) is 1. The topological polar surface area (TPSA) is 105 Å². The van der Waals surface area contributed by atoms with Crippen molar-refractivity contribution in [2.24, 2.45) is 0 Å². The van der Waals surface area contributed by atoms with Gasteiger partial charge in [-0.25, -0.2) is 14.2 Å². The lowest BCUT2D eigenvalue weighted by Crippen LogP contribution is -2.28. The third-order valence-electron chi connectivity index (χ3n) is 5.46. The smallest absolute Gasteiger partial charge is 0.321 e. The van der Waals surface area contributed by atoms with E-state index < -0.39 is 11.8 Å². The number of hydrogen-bond acceptors (Lipinski definition) is 5. The minimum absolute atomic E-state index is 0.157. The SMILES string of the molecule is CCNC(=O)Nc1nc2c(-c3ncccc3F)cc(-c3cncc(OCc4ccccc4)c3)cc2[nH]1. The molecule has 3 heterocycles. The van der Waals surface area contributed by atoms with Gasteiger partial charge in [0.15, 0.2) is 0 Å². The van der Waals surface area contributed by atoms with Crippen molar-refractivity contribution in [2.45, 2.75) is 13.5 Å². The Kier molecular flexibility index (Phi) is 6.53. The summed E-state index contributed by atoms with van der Waals surface area (Å²) in [7, 11) is 0. The zero-order chi connectivity index (χ0) is 24.9. The Bertz CT molecular complexity index is 1520. The minimum Gasteiger partial charge on any atom is -0.487 e. The lowest BCUT2D eigenvalue weighted by atomic mass is 10.0. The number of carbonyl (C=O) groups is 1. The van der Waals surface area contributed by atoms with E-state index in [9.17, 15) is 9.18 Å². The summed E-state index contributed by atoms with van der Waals surface area (Å²) < 4.78 is 20.7. The number of aromatic amines is 1. The highest BCUT2D eigenvalue weighted by Crippen LogP contribution is 2.34. The second-order valence-electron chi connectivity index (χ2n) is 8.01. The van der Waals surface area contributed by atoms with E-state index in [1.54, 1.807) is 12.4 Å². The van der Waals surface area contributed by atoms with E-state index in [0.717, 1.165) is 16.7 Å². The number of hydrogen-bond donors (Lipinski definition) is 3. The number of halogens is 1. The summed E-state index contributed by atoms with van der Waals surface area (Å²) in [5, 5.41) is 5.32. The van der Waals surface area contributed by atoms with Crippen LogP contribution in [0.5, 0.6) is 5.75 Å². The number of nitrogens with zero attached hydrogens (tertiary/aromatic N) is 3. The maximum atomic E-state index is 14.8. The molecule has 9 heteroatoms. The molecular formula is C27H23FN6O2. The van der Waals surface area contributed by atoms with Crippen LogP contribution in [0, 0.1) is 5.82 Å². The molecule has 0 bridgehead atoms. The van der Waals surface area contributed by atoms with Crippen LogP contribution in [0.15, 0.2) is 79.3 Å². The number of fused-ring (bicyclic) bond motifs is 1. The number of amides is 2. The van der Waals surface area contributed by atoms with Crippen molar-refractivity contribution in [3.05, 3.63) is 90.6 Å². The van der Waals surface area contributed by atoms with Gasteiger partial charge in [-0.05, 0) is 48.4 Å². The first kappa shape index (κ1) is 23.0. The van der Waals surface area contributed by atoms with Crippen LogP contribution in [0.4, 0.5) is 15.1 Å². The first-order valence-electron chi connectivity index (χ1n) is 11.4. The van der Waals surface area contributed by atoms with Crippen LogP contribution in [0.2, 0.25) is 0 Å². The van der Waals surface area contributed by atoms with E-state index in [4.69, 9.17) is 4.74 Å². The Balaban J connectivity index is 1.54. The van der Waals surface area contributed by atoms with E-state index in [-0.39, 0.29) is 11.6 Å². The van der Waals surface area contributed by atoms with Gasteiger partial charge in [-0.15, -0.1) is 0 Å². The van der Waals surface area contributed by atoms with Gasteiger partial charge in [0.05, 0.1) is 11.7 Å². The van der Waals surface area contributed by atoms with Crippen molar-refractivity contribution in [3.8, 4) is 28.1 Å².